The Kier molecular flexibility index (Phi) is 8.34. The first-order valence-corrected chi connectivity index (χ1v) is 9.74. The van der Waals surface area contributed by atoms with Crippen LogP contribution in [0.2, 0.25) is 0 Å². The Morgan fingerprint density at radius 3 is 2.50 bits per heavy atom. The van der Waals surface area contributed by atoms with E-state index in [1.165, 1.54) is 0 Å². The largest absolute Gasteiger partial charge is 0.469 e. The third-order valence-electron chi connectivity index (χ3n) is 4.69. The molecule has 1 aromatic carbocycles. The number of benzene rings is 1. The van der Waals surface area contributed by atoms with Crippen LogP contribution in [0.3, 0.4) is 0 Å². The van der Waals surface area contributed by atoms with Gasteiger partial charge in [0.05, 0.1) is 33.4 Å². The minimum absolute atomic E-state index is 0.0250. The molecular weight excluding hydrogens is 396 g/mol. The molecule has 168 valence electrons. The first kappa shape index (κ1) is 24.2. The average Bonchev–Trinajstić information content (AvgIpc) is 3.02. The Morgan fingerprint density at radius 2 is 1.90 bits per heavy atom. The highest BCUT2D eigenvalue weighted by atomic mass is 16.8. The van der Waals surface area contributed by atoms with E-state index in [0.717, 1.165) is 12.7 Å². The van der Waals surface area contributed by atoms with E-state index in [2.05, 4.69) is 4.74 Å². The van der Waals surface area contributed by atoms with Gasteiger partial charge in [0.15, 0.2) is 5.79 Å². The second-order valence-corrected chi connectivity index (χ2v) is 7.48. The molecule has 1 aliphatic rings. The van der Waals surface area contributed by atoms with Gasteiger partial charge in [-0.3, -0.25) is 4.79 Å². The van der Waals surface area contributed by atoms with Crippen molar-refractivity contribution in [2.75, 3.05) is 20.3 Å². The summed E-state index contributed by atoms with van der Waals surface area (Å²) in [7, 11) is 1.11. The summed E-state index contributed by atoms with van der Waals surface area (Å²) >= 11 is 0. The molecule has 9 nitrogen and oxygen atoms in total. The number of hydrogen-bond acceptors (Lipinski definition) is 9. The molecule has 2 rings (SSSR count). The highest BCUT2D eigenvalue weighted by Gasteiger charge is 2.56. The fourth-order valence-corrected chi connectivity index (χ4v) is 3.24. The maximum absolute atomic E-state index is 12.4. The van der Waals surface area contributed by atoms with Gasteiger partial charge in [-0.05, 0) is 26.3 Å². The first-order valence-electron chi connectivity index (χ1n) is 9.74. The van der Waals surface area contributed by atoms with Crippen LogP contribution in [0, 0.1) is 0 Å². The number of aliphatic hydroxyl groups is 2. The van der Waals surface area contributed by atoms with Crippen molar-refractivity contribution in [3.63, 3.8) is 0 Å². The summed E-state index contributed by atoms with van der Waals surface area (Å²) in [5, 5.41) is 21.8. The Balaban J connectivity index is 2.17. The van der Waals surface area contributed by atoms with Gasteiger partial charge in [0.1, 0.15) is 18.3 Å². The molecule has 0 aromatic heterocycles. The van der Waals surface area contributed by atoms with E-state index in [-0.39, 0.29) is 13.2 Å². The number of hydrogen-bond donors (Lipinski definition) is 2. The Bertz CT molecular complexity index is 706. The predicted octanol–water partition coefficient (Wildman–Crippen LogP) is 0.942. The molecule has 30 heavy (non-hydrogen) atoms. The zero-order valence-electron chi connectivity index (χ0n) is 17.7. The number of aliphatic hydroxyl groups excluding tert-OH is 1. The van der Waals surface area contributed by atoms with Crippen LogP contribution in [0.15, 0.2) is 30.3 Å². The zero-order valence-corrected chi connectivity index (χ0v) is 17.7. The van der Waals surface area contributed by atoms with Crippen LogP contribution in [0.4, 0.5) is 0 Å². The number of ether oxygens (including phenoxy) is 5. The molecule has 0 unspecified atom stereocenters. The van der Waals surface area contributed by atoms with Gasteiger partial charge in [-0.1, -0.05) is 30.3 Å². The SMILES string of the molecule is CCOC(=O)[C@@](O)(CC(=O)OC)[C@H](O)[C@@H]1OC(C)(C)O[C@H]1COCc1ccccc1. The molecular formula is C21H30O9. The molecule has 0 bridgehead atoms. The van der Waals surface area contributed by atoms with E-state index < -0.39 is 48.1 Å². The van der Waals surface area contributed by atoms with E-state index in [9.17, 15) is 19.8 Å². The van der Waals surface area contributed by atoms with Crippen LogP contribution in [0.5, 0.6) is 0 Å². The summed E-state index contributed by atoms with van der Waals surface area (Å²) in [5.74, 6) is -3.15. The third kappa shape index (κ3) is 5.99. The molecule has 0 spiro atoms. The molecule has 2 N–H and O–H groups in total. The van der Waals surface area contributed by atoms with E-state index >= 15 is 0 Å². The normalized spacial score (nSPS) is 23.4. The second kappa shape index (κ2) is 10.3. The van der Waals surface area contributed by atoms with Crippen molar-refractivity contribution in [3.8, 4) is 0 Å². The molecule has 1 aliphatic heterocycles. The highest BCUT2D eigenvalue weighted by molar-refractivity contribution is 5.86. The zero-order chi connectivity index (χ0) is 22.4. The van der Waals surface area contributed by atoms with Crippen molar-refractivity contribution in [1.29, 1.82) is 0 Å². The maximum Gasteiger partial charge on any atom is 0.341 e. The van der Waals surface area contributed by atoms with Crippen LogP contribution in [-0.4, -0.2) is 72.2 Å². The molecule has 0 radical (unpaired) electrons. The molecule has 4 atom stereocenters. The number of methoxy groups -OCH3 is 1. The average molecular weight is 426 g/mol. The molecule has 1 saturated heterocycles. The summed E-state index contributed by atoms with van der Waals surface area (Å²) < 4.78 is 26.7. The van der Waals surface area contributed by atoms with Gasteiger partial charge in [0, 0.05) is 0 Å². The monoisotopic (exact) mass is 426 g/mol. The van der Waals surface area contributed by atoms with E-state index in [4.69, 9.17) is 18.9 Å². The number of carbonyl (C=O) groups is 2. The number of esters is 2. The van der Waals surface area contributed by atoms with Crippen LogP contribution in [0.1, 0.15) is 32.8 Å². The Morgan fingerprint density at radius 1 is 1.23 bits per heavy atom. The van der Waals surface area contributed by atoms with Crippen molar-refractivity contribution >= 4 is 11.9 Å². The molecule has 0 aliphatic carbocycles. The van der Waals surface area contributed by atoms with Gasteiger partial charge in [-0.25, -0.2) is 4.79 Å². The fraction of sp³-hybridized carbons (Fsp3) is 0.619. The van der Waals surface area contributed by atoms with Gasteiger partial charge in [0.25, 0.3) is 0 Å². The summed E-state index contributed by atoms with van der Waals surface area (Å²) in [4.78, 5) is 24.2. The van der Waals surface area contributed by atoms with Gasteiger partial charge < -0.3 is 33.9 Å². The fourth-order valence-electron chi connectivity index (χ4n) is 3.24. The second-order valence-electron chi connectivity index (χ2n) is 7.48. The number of carbonyl (C=O) groups excluding carboxylic acids is 2. The highest BCUT2D eigenvalue weighted by Crippen LogP contribution is 2.35. The van der Waals surface area contributed by atoms with E-state index in [0.29, 0.717) is 6.61 Å². The Hall–Kier alpha value is -2.04. The molecule has 0 amide bonds. The van der Waals surface area contributed by atoms with Gasteiger partial charge >= 0.3 is 11.9 Å². The number of rotatable bonds is 10. The quantitative estimate of drug-likeness (QED) is 0.527. The van der Waals surface area contributed by atoms with Crippen molar-refractivity contribution < 1.29 is 43.5 Å². The van der Waals surface area contributed by atoms with Crippen molar-refractivity contribution in [2.45, 2.75) is 63.5 Å². The van der Waals surface area contributed by atoms with Crippen LogP contribution >= 0.6 is 0 Å². The molecule has 0 saturated carbocycles. The van der Waals surface area contributed by atoms with E-state index in [1.807, 2.05) is 30.3 Å². The molecule has 1 heterocycles. The summed E-state index contributed by atoms with van der Waals surface area (Å²) in [6, 6.07) is 9.46. The first-order chi connectivity index (χ1) is 14.1. The molecule has 1 fully saturated rings. The van der Waals surface area contributed by atoms with Gasteiger partial charge in [0.2, 0.25) is 5.60 Å². The van der Waals surface area contributed by atoms with Crippen LogP contribution < -0.4 is 0 Å². The molecule has 1 aromatic rings. The van der Waals surface area contributed by atoms with Crippen LogP contribution in [0.25, 0.3) is 0 Å². The minimum Gasteiger partial charge on any atom is -0.469 e. The van der Waals surface area contributed by atoms with E-state index in [1.54, 1.807) is 20.8 Å². The van der Waals surface area contributed by atoms with Crippen LogP contribution in [-0.2, 0) is 39.9 Å². The topological polar surface area (TPSA) is 121 Å². The predicted molar refractivity (Wildman–Crippen MR) is 104 cm³/mol. The summed E-state index contributed by atoms with van der Waals surface area (Å²) in [6.07, 6.45) is -4.60. The molecule has 9 heteroatoms. The van der Waals surface area contributed by atoms with Crippen molar-refractivity contribution in [2.24, 2.45) is 0 Å². The summed E-state index contributed by atoms with van der Waals surface area (Å²) in [6.45, 7) is 5.08. The lowest BCUT2D eigenvalue weighted by atomic mass is 9.87. The van der Waals surface area contributed by atoms with Crippen molar-refractivity contribution in [3.05, 3.63) is 35.9 Å². The van der Waals surface area contributed by atoms with Crippen molar-refractivity contribution in [1.82, 2.24) is 0 Å². The third-order valence-corrected chi connectivity index (χ3v) is 4.69. The summed E-state index contributed by atoms with van der Waals surface area (Å²) in [5.41, 5.74) is -1.63. The lowest BCUT2D eigenvalue weighted by Gasteiger charge is -2.34. The standard InChI is InChI=1S/C21H30O9/c1-5-28-19(24)21(25,11-16(22)26-4)18(23)17-15(29-20(2,3)30-17)13-27-12-14-9-7-6-8-10-14/h6-10,15,17-18,23,25H,5,11-13H2,1-4H3/t15-,17+,18+,21+/m0/s1. The van der Waals surface area contributed by atoms with Gasteiger partial charge in [-0.15, -0.1) is 0 Å². The Labute approximate surface area is 175 Å². The lowest BCUT2D eigenvalue weighted by Crippen LogP contribution is -2.59. The smallest absolute Gasteiger partial charge is 0.341 e. The minimum atomic E-state index is -2.57. The van der Waals surface area contributed by atoms with Gasteiger partial charge in [-0.2, -0.15) is 0 Å². The lowest BCUT2D eigenvalue weighted by molar-refractivity contribution is -0.203. The maximum atomic E-state index is 12.4.